The van der Waals surface area contributed by atoms with E-state index in [9.17, 15) is 14.0 Å². The van der Waals surface area contributed by atoms with Crippen LogP contribution in [0.5, 0.6) is 0 Å². The standard InChI is InChI=1S/C29H39FN2O2/c1-21(28(34)31-25-11-6-5-7-12-25)32(20-23-10-8-9-13-26(23)30)27(33)19-16-22-14-17-24(18-15-22)29(2,3)4/h8-10,13-15,17-18,21,25H,5-7,11-12,16,19-20H2,1-4H3,(H,31,34)/t21-/m0/s1. The van der Waals surface area contributed by atoms with Crippen LogP contribution in [0.2, 0.25) is 0 Å². The first-order valence-corrected chi connectivity index (χ1v) is 12.6. The molecule has 1 saturated carbocycles. The quantitative estimate of drug-likeness (QED) is 0.525. The van der Waals surface area contributed by atoms with Gasteiger partial charge in [-0.2, -0.15) is 0 Å². The minimum absolute atomic E-state index is 0.0754. The Kier molecular flexibility index (Phi) is 8.87. The topological polar surface area (TPSA) is 49.4 Å². The molecule has 1 fully saturated rings. The average molecular weight is 467 g/mol. The fraction of sp³-hybridized carbons (Fsp3) is 0.517. The van der Waals surface area contributed by atoms with Crippen molar-refractivity contribution in [2.45, 2.75) is 96.7 Å². The van der Waals surface area contributed by atoms with Crippen LogP contribution in [0, 0.1) is 5.82 Å². The summed E-state index contributed by atoms with van der Waals surface area (Å²) in [5, 5.41) is 3.12. The lowest BCUT2D eigenvalue weighted by molar-refractivity contribution is -0.141. The van der Waals surface area contributed by atoms with Crippen molar-refractivity contribution in [2.75, 3.05) is 0 Å². The molecule has 0 heterocycles. The van der Waals surface area contributed by atoms with Crippen LogP contribution in [0.1, 0.15) is 82.9 Å². The van der Waals surface area contributed by atoms with Crippen LogP contribution >= 0.6 is 0 Å². The van der Waals surface area contributed by atoms with E-state index in [1.54, 1.807) is 25.1 Å². The van der Waals surface area contributed by atoms with Gasteiger partial charge >= 0.3 is 0 Å². The van der Waals surface area contributed by atoms with Gasteiger partial charge in [0, 0.05) is 24.6 Å². The zero-order chi connectivity index (χ0) is 24.7. The molecule has 4 nitrogen and oxygen atoms in total. The maximum Gasteiger partial charge on any atom is 0.242 e. The highest BCUT2D eigenvalue weighted by atomic mass is 19.1. The second-order valence-corrected chi connectivity index (χ2v) is 10.6. The minimum Gasteiger partial charge on any atom is -0.352 e. The molecule has 1 aliphatic rings. The molecule has 0 unspecified atom stereocenters. The number of aryl methyl sites for hydroxylation is 1. The molecular weight excluding hydrogens is 427 g/mol. The molecule has 1 atom stereocenters. The Bertz CT molecular complexity index is 959. The molecule has 184 valence electrons. The van der Waals surface area contributed by atoms with Crippen LogP contribution in [0.25, 0.3) is 0 Å². The lowest BCUT2D eigenvalue weighted by atomic mass is 9.86. The van der Waals surface area contributed by atoms with Gasteiger partial charge in [-0.1, -0.05) is 82.5 Å². The normalized spacial score (nSPS) is 15.6. The van der Waals surface area contributed by atoms with E-state index in [1.165, 1.54) is 23.0 Å². The van der Waals surface area contributed by atoms with Crippen LogP contribution in [0.15, 0.2) is 48.5 Å². The second-order valence-electron chi connectivity index (χ2n) is 10.6. The molecule has 0 aliphatic heterocycles. The van der Waals surface area contributed by atoms with Gasteiger partial charge in [0.05, 0.1) is 0 Å². The number of hydrogen-bond donors (Lipinski definition) is 1. The number of amides is 2. The average Bonchev–Trinajstić information content (AvgIpc) is 2.82. The number of carbonyl (C=O) groups is 2. The van der Waals surface area contributed by atoms with Gasteiger partial charge in [-0.05, 0) is 48.8 Å². The van der Waals surface area contributed by atoms with Crippen LogP contribution in [0.3, 0.4) is 0 Å². The predicted octanol–water partition coefficient (Wildman–Crippen LogP) is 5.92. The lowest BCUT2D eigenvalue weighted by Gasteiger charge is -2.31. The molecule has 2 aromatic carbocycles. The Hall–Kier alpha value is -2.69. The van der Waals surface area contributed by atoms with E-state index in [2.05, 4.69) is 50.4 Å². The van der Waals surface area contributed by atoms with Gasteiger partial charge in [0.15, 0.2) is 0 Å². The number of halogens is 1. The number of hydrogen-bond acceptors (Lipinski definition) is 2. The van der Waals surface area contributed by atoms with Crippen LogP contribution in [0.4, 0.5) is 4.39 Å². The first-order chi connectivity index (χ1) is 16.1. The third-order valence-electron chi connectivity index (χ3n) is 6.86. The van der Waals surface area contributed by atoms with Crippen molar-refractivity contribution in [1.82, 2.24) is 10.2 Å². The van der Waals surface area contributed by atoms with Gasteiger partial charge in [0.1, 0.15) is 11.9 Å². The molecule has 0 aromatic heterocycles. The van der Waals surface area contributed by atoms with Crippen LogP contribution in [-0.4, -0.2) is 28.8 Å². The van der Waals surface area contributed by atoms with Gasteiger partial charge < -0.3 is 10.2 Å². The lowest BCUT2D eigenvalue weighted by Crippen LogP contribution is -2.50. The summed E-state index contributed by atoms with van der Waals surface area (Å²) in [5.74, 6) is -0.668. The van der Waals surface area contributed by atoms with E-state index >= 15 is 0 Å². The van der Waals surface area contributed by atoms with E-state index in [0.29, 0.717) is 12.0 Å². The van der Waals surface area contributed by atoms with Crippen molar-refractivity contribution in [2.24, 2.45) is 0 Å². The summed E-state index contributed by atoms with van der Waals surface area (Å²) in [6.45, 7) is 8.34. The Morgan fingerprint density at radius 3 is 2.29 bits per heavy atom. The van der Waals surface area contributed by atoms with Crippen LogP contribution in [-0.2, 0) is 28.0 Å². The molecule has 34 heavy (non-hydrogen) atoms. The van der Waals surface area contributed by atoms with E-state index in [4.69, 9.17) is 0 Å². The number of rotatable bonds is 8. The summed E-state index contributed by atoms with van der Waals surface area (Å²) in [7, 11) is 0. The number of carbonyl (C=O) groups excluding carboxylic acids is 2. The Balaban J connectivity index is 1.70. The third-order valence-corrected chi connectivity index (χ3v) is 6.86. The Morgan fingerprint density at radius 2 is 1.68 bits per heavy atom. The van der Waals surface area contributed by atoms with Crippen molar-refractivity contribution in [3.05, 3.63) is 71.0 Å². The first-order valence-electron chi connectivity index (χ1n) is 12.6. The number of nitrogens with zero attached hydrogens (tertiary/aromatic N) is 1. The molecular formula is C29H39FN2O2. The van der Waals surface area contributed by atoms with Gasteiger partial charge in [-0.3, -0.25) is 9.59 Å². The van der Waals surface area contributed by atoms with Crippen molar-refractivity contribution >= 4 is 11.8 Å². The summed E-state index contributed by atoms with van der Waals surface area (Å²) in [4.78, 5) is 27.9. The molecule has 1 N–H and O–H groups in total. The molecule has 2 amide bonds. The van der Waals surface area contributed by atoms with Crippen molar-refractivity contribution in [1.29, 1.82) is 0 Å². The zero-order valence-electron chi connectivity index (χ0n) is 21.1. The molecule has 5 heteroatoms. The predicted molar refractivity (Wildman–Crippen MR) is 135 cm³/mol. The molecule has 0 radical (unpaired) electrons. The summed E-state index contributed by atoms with van der Waals surface area (Å²) in [6, 6.07) is 14.3. The molecule has 0 spiro atoms. The molecule has 2 aromatic rings. The van der Waals surface area contributed by atoms with Crippen molar-refractivity contribution in [3.8, 4) is 0 Å². The highest BCUT2D eigenvalue weighted by molar-refractivity contribution is 5.87. The zero-order valence-corrected chi connectivity index (χ0v) is 21.1. The minimum atomic E-state index is -0.669. The van der Waals surface area contributed by atoms with E-state index < -0.39 is 6.04 Å². The highest BCUT2D eigenvalue weighted by Gasteiger charge is 2.28. The van der Waals surface area contributed by atoms with Gasteiger partial charge in [0.25, 0.3) is 0 Å². The largest absolute Gasteiger partial charge is 0.352 e. The third kappa shape index (κ3) is 7.15. The molecule has 1 aliphatic carbocycles. The summed E-state index contributed by atoms with van der Waals surface area (Å²) in [6.07, 6.45) is 6.24. The molecule has 3 rings (SSSR count). The summed E-state index contributed by atoms with van der Waals surface area (Å²) < 4.78 is 14.4. The van der Waals surface area contributed by atoms with Gasteiger partial charge in [-0.25, -0.2) is 4.39 Å². The van der Waals surface area contributed by atoms with E-state index in [1.807, 2.05) is 0 Å². The maximum atomic E-state index is 14.4. The van der Waals surface area contributed by atoms with Gasteiger partial charge in [0.2, 0.25) is 11.8 Å². The molecule has 0 bridgehead atoms. The van der Waals surface area contributed by atoms with Crippen molar-refractivity contribution < 1.29 is 14.0 Å². The maximum absolute atomic E-state index is 14.4. The summed E-state index contributed by atoms with van der Waals surface area (Å²) >= 11 is 0. The highest BCUT2D eigenvalue weighted by Crippen LogP contribution is 2.23. The van der Waals surface area contributed by atoms with Gasteiger partial charge in [-0.15, -0.1) is 0 Å². The monoisotopic (exact) mass is 466 g/mol. The summed E-state index contributed by atoms with van der Waals surface area (Å²) in [5.41, 5.74) is 2.82. The number of benzene rings is 2. The van der Waals surface area contributed by atoms with Crippen molar-refractivity contribution in [3.63, 3.8) is 0 Å². The fourth-order valence-electron chi connectivity index (χ4n) is 4.53. The second kappa shape index (κ2) is 11.6. The van der Waals surface area contributed by atoms with Crippen LogP contribution < -0.4 is 5.32 Å². The van der Waals surface area contributed by atoms with E-state index in [-0.39, 0.29) is 42.1 Å². The Morgan fingerprint density at radius 1 is 1.03 bits per heavy atom. The van der Waals surface area contributed by atoms with E-state index in [0.717, 1.165) is 31.2 Å². The SMILES string of the molecule is C[C@@H](C(=O)NC1CCCCC1)N(Cc1ccccc1F)C(=O)CCc1ccc(C(C)(C)C)cc1. The Labute approximate surface area is 203 Å². The first kappa shape index (κ1) is 25.9. The molecule has 0 saturated heterocycles. The fourth-order valence-corrected chi connectivity index (χ4v) is 4.53. The smallest absolute Gasteiger partial charge is 0.242 e. The number of nitrogens with one attached hydrogen (secondary N) is 1.